The summed E-state index contributed by atoms with van der Waals surface area (Å²) in [6.45, 7) is 4.49. The van der Waals surface area contributed by atoms with Crippen molar-refractivity contribution in [3.8, 4) is 5.75 Å². The summed E-state index contributed by atoms with van der Waals surface area (Å²) in [7, 11) is 0. The number of nitrogens with two attached hydrogens (primary N) is 1. The fraction of sp³-hybridized carbons (Fsp3) is 0.500. The molecule has 0 bridgehead atoms. The third kappa shape index (κ3) is 5.03. The van der Waals surface area contributed by atoms with Gasteiger partial charge in [-0.2, -0.15) is 0 Å². The highest BCUT2D eigenvalue weighted by Crippen LogP contribution is 2.29. The standard InChI is InChI=1S/C14H21N3O4/c1-3-21-11-6-7-12(13(9-11)17(19)20)16-14(18)10(2)5-4-8-15/h6-7,9-10H,3-5,8,15H2,1-2H3,(H,16,18). The third-order valence-corrected chi connectivity index (χ3v) is 3.02. The second kappa shape index (κ2) is 8.21. The molecule has 1 aromatic rings. The summed E-state index contributed by atoms with van der Waals surface area (Å²) in [6.07, 6.45) is 1.38. The Morgan fingerprint density at radius 2 is 2.24 bits per heavy atom. The predicted octanol–water partition coefficient (Wildman–Crippen LogP) is 2.31. The van der Waals surface area contributed by atoms with Gasteiger partial charge in [0.1, 0.15) is 11.4 Å². The van der Waals surface area contributed by atoms with E-state index >= 15 is 0 Å². The largest absolute Gasteiger partial charge is 0.494 e. The van der Waals surface area contributed by atoms with Gasteiger partial charge in [-0.1, -0.05) is 6.92 Å². The normalized spacial score (nSPS) is 11.8. The summed E-state index contributed by atoms with van der Waals surface area (Å²) in [4.78, 5) is 22.5. The Labute approximate surface area is 123 Å². The SMILES string of the molecule is CCOc1ccc(NC(=O)C(C)CCCN)c([N+](=O)[O-])c1. The first-order valence-corrected chi connectivity index (χ1v) is 6.91. The maximum Gasteiger partial charge on any atom is 0.296 e. The Hall–Kier alpha value is -2.15. The van der Waals surface area contributed by atoms with Gasteiger partial charge in [-0.3, -0.25) is 14.9 Å². The average Bonchev–Trinajstić information content (AvgIpc) is 2.46. The Morgan fingerprint density at radius 1 is 1.52 bits per heavy atom. The molecule has 0 heterocycles. The lowest BCUT2D eigenvalue weighted by Gasteiger charge is -2.12. The lowest BCUT2D eigenvalue weighted by Crippen LogP contribution is -2.21. The van der Waals surface area contributed by atoms with E-state index in [1.54, 1.807) is 19.9 Å². The maximum atomic E-state index is 12.0. The molecule has 0 spiro atoms. The van der Waals surface area contributed by atoms with Crippen LogP contribution in [-0.4, -0.2) is 24.0 Å². The van der Waals surface area contributed by atoms with Crippen molar-refractivity contribution < 1.29 is 14.5 Å². The monoisotopic (exact) mass is 295 g/mol. The number of hydrogen-bond acceptors (Lipinski definition) is 5. The number of rotatable bonds is 8. The van der Waals surface area contributed by atoms with Gasteiger partial charge in [0, 0.05) is 5.92 Å². The molecule has 0 aromatic heterocycles. The fourth-order valence-electron chi connectivity index (χ4n) is 1.84. The van der Waals surface area contributed by atoms with Crippen LogP contribution in [0.5, 0.6) is 5.75 Å². The second-order valence-corrected chi connectivity index (χ2v) is 4.69. The van der Waals surface area contributed by atoms with Gasteiger partial charge in [-0.05, 0) is 38.4 Å². The molecule has 1 amide bonds. The van der Waals surface area contributed by atoms with E-state index in [1.807, 2.05) is 0 Å². The summed E-state index contributed by atoms with van der Waals surface area (Å²) in [5, 5.41) is 13.7. The molecule has 116 valence electrons. The van der Waals surface area contributed by atoms with E-state index in [0.29, 0.717) is 25.3 Å². The van der Waals surface area contributed by atoms with Gasteiger partial charge in [0.25, 0.3) is 5.69 Å². The number of nitrogens with one attached hydrogen (secondary N) is 1. The van der Waals surface area contributed by atoms with Crippen molar-refractivity contribution in [1.29, 1.82) is 0 Å². The number of carbonyl (C=O) groups excluding carboxylic acids is 1. The zero-order valence-electron chi connectivity index (χ0n) is 12.3. The van der Waals surface area contributed by atoms with Gasteiger partial charge in [-0.15, -0.1) is 0 Å². The number of nitro benzene ring substituents is 1. The number of carbonyl (C=O) groups is 1. The molecule has 7 nitrogen and oxygen atoms in total. The van der Waals surface area contributed by atoms with E-state index in [9.17, 15) is 14.9 Å². The van der Waals surface area contributed by atoms with Gasteiger partial charge < -0.3 is 15.8 Å². The summed E-state index contributed by atoms with van der Waals surface area (Å²) in [6, 6.07) is 4.39. The maximum absolute atomic E-state index is 12.0. The Bertz CT molecular complexity index is 505. The van der Waals surface area contributed by atoms with Crippen molar-refractivity contribution in [2.24, 2.45) is 11.7 Å². The molecule has 1 atom stereocenters. The number of anilines is 1. The number of ether oxygens (including phenoxy) is 1. The van der Waals surface area contributed by atoms with Crippen LogP contribution in [0.1, 0.15) is 26.7 Å². The molecule has 1 aromatic carbocycles. The Kier molecular flexibility index (Phi) is 6.61. The molecule has 7 heteroatoms. The molecular weight excluding hydrogens is 274 g/mol. The van der Waals surface area contributed by atoms with Crippen molar-refractivity contribution in [1.82, 2.24) is 0 Å². The van der Waals surface area contributed by atoms with E-state index < -0.39 is 4.92 Å². The van der Waals surface area contributed by atoms with Crippen LogP contribution in [0.3, 0.4) is 0 Å². The van der Waals surface area contributed by atoms with Crippen LogP contribution >= 0.6 is 0 Å². The van der Waals surface area contributed by atoms with Crippen molar-refractivity contribution in [2.75, 3.05) is 18.5 Å². The van der Waals surface area contributed by atoms with Gasteiger partial charge >= 0.3 is 0 Å². The van der Waals surface area contributed by atoms with Crippen molar-refractivity contribution >= 4 is 17.3 Å². The minimum absolute atomic E-state index is 0.174. The molecule has 0 fully saturated rings. The van der Waals surface area contributed by atoms with Crippen molar-refractivity contribution in [3.05, 3.63) is 28.3 Å². The van der Waals surface area contributed by atoms with Gasteiger partial charge in [0.05, 0.1) is 17.6 Å². The molecule has 0 aliphatic carbocycles. The smallest absolute Gasteiger partial charge is 0.296 e. The van der Waals surface area contributed by atoms with E-state index in [-0.39, 0.29) is 23.2 Å². The zero-order valence-corrected chi connectivity index (χ0v) is 12.3. The summed E-state index contributed by atoms with van der Waals surface area (Å²) >= 11 is 0. The fourth-order valence-corrected chi connectivity index (χ4v) is 1.84. The van der Waals surface area contributed by atoms with Gasteiger partial charge in [-0.25, -0.2) is 0 Å². The molecule has 0 saturated carbocycles. The molecule has 3 N–H and O–H groups in total. The topological polar surface area (TPSA) is 107 Å². The molecule has 0 radical (unpaired) electrons. The quantitative estimate of drug-likeness (QED) is 0.565. The first-order chi connectivity index (χ1) is 9.99. The minimum Gasteiger partial charge on any atom is -0.494 e. The molecule has 21 heavy (non-hydrogen) atoms. The van der Waals surface area contributed by atoms with E-state index in [0.717, 1.165) is 6.42 Å². The lowest BCUT2D eigenvalue weighted by atomic mass is 10.0. The van der Waals surface area contributed by atoms with Crippen molar-refractivity contribution in [3.63, 3.8) is 0 Å². The molecule has 0 aliphatic rings. The number of hydrogen-bond donors (Lipinski definition) is 2. The van der Waals surface area contributed by atoms with Crippen LogP contribution < -0.4 is 15.8 Å². The predicted molar refractivity (Wildman–Crippen MR) is 80.3 cm³/mol. The van der Waals surface area contributed by atoms with Crippen LogP contribution in [0.25, 0.3) is 0 Å². The van der Waals surface area contributed by atoms with Crippen LogP contribution in [0.2, 0.25) is 0 Å². The summed E-state index contributed by atoms with van der Waals surface area (Å²) in [5.41, 5.74) is 5.40. The molecular formula is C14H21N3O4. The van der Waals surface area contributed by atoms with Crippen LogP contribution in [0, 0.1) is 16.0 Å². The van der Waals surface area contributed by atoms with E-state index in [4.69, 9.17) is 10.5 Å². The van der Waals surface area contributed by atoms with Crippen LogP contribution in [0.4, 0.5) is 11.4 Å². The minimum atomic E-state index is -0.539. The highest BCUT2D eigenvalue weighted by molar-refractivity contribution is 5.94. The zero-order chi connectivity index (χ0) is 15.8. The molecule has 0 aliphatic heterocycles. The van der Waals surface area contributed by atoms with Crippen LogP contribution in [-0.2, 0) is 4.79 Å². The first kappa shape index (κ1) is 16.9. The van der Waals surface area contributed by atoms with Crippen molar-refractivity contribution in [2.45, 2.75) is 26.7 Å². The summed E-state index contributed by atoms with van der Waals surface area (Å²) in [5.74, 6) is -0.103. The van der Waals surface area contributed by atoms with E-state index in [1.165, 1.54) is 12.1 Å². The Morgan fingerprint density at radius 3 is 2.81 bits per heavy atom. The lowest BCUT2D eigenvalue weighted by molar-refractivity contribution is -0.384. The molecule has 0 saturated heterocycles. The number of benzene rings is 1. The highest BCUT2D eigenvalue weighted by Gasteiger charge is 2.20. The number of nitro groups is 1. The average molecular weight is 295 g/mol. The van der Waals surface area contributed by atoms with Gasteiger partial charge in [0.2, 0.25) is 5.91 Å². The molecule has 1 rings (SSSR count). The third-order valence-electron chi connectivity index (χ3n) is 3.02. The Balaban J connectivity index is 2.86. The second-order valence-electron chi connectivity index (χ2n) is 4.69. The number of nitrogens with zero attached hydrogens (tertiary/aromatic N) is 1. The van der Waals surface area contributed by atoms with Gasteiger partial charge in [0.15, 0.2) is 0 Å². The van der Waals surface area contributed by atoms with Crippen LogP contribution in [0.15, 0.2) is 18.2 Å². The number of amides is 1. The highest BCUT2D eigenvalue weighted by atomic mass is 16.6. The molecule has 1 unspecified atom stereocenters. The first-order valence-electron chi connectivity index (χ1n) is 6.91. The van der Waals surface area contributed by atoms with E-state index in [2.05, 4.69) is 5.32 Å². The summed E-state index contributed by atoms with van der Waals surface area (Å²) < 4.78 is 5.23.